The molecule has 1 heterocycles. The average Bonchev–Trinajstić information content (AvgIpc) is 2.79. The molecule has 0 saturated heterocycles. The molecule has 5 heteroatoms. The normalized spacial score (nSPS) is 14.2. The number of rotatable bonds is 6. The van der Waals surface area contributed by atoms with Crippen molar-refractivity contribution in [2.24, 2.45) is 0 Å². The summed E-state index contributed by atoms with van der Waals surface area (Å²) in [5, 5.41) is 15.1. The van der Waals surface area contributed by atoms with Crippen LogP contribution in [-0.4, -0.2) is 28.6 Å². The van der Waals surface area contributed by atoms with Crippen LogP contribution in [0.3, 0.4) is 0 Å². The summed E-state index contributed by atoms with van der Waals surface area (Å²) in [7, 11) is 1.65. The molecule has 108 valence electrons. The zero-order valence-electron chi connectivity index (χ0n) is 11.7. The quantitative estimate of drug-likeness (QED) is 0.880. The van der Waals surface area contributed by atoms with Gasteiger partial charge in [-0.15, -0.1) is 0 Å². The van der Waals surface area contributed by atoms with Crippen LogP contribution in [-0.2, 0) is 23.3 Å². The van der Waals surface area contributed by atoms with E-state index < -0.39 is 5.60 Å². The summed E-state index contributed by atoms with van der Waals surface area (Å²) in [5.74, 6) is 0. The van der Waals surface area contributed by atoms with E-state index in [-0.39, 0.29) is 0 Å². The van der Waals surface area contributed by atoms with Crippen molar-refractivity contribution in [3.8, 4) is 0 Å². The molecule has 1 atom stereocenters. The number of halogens is 1. The summed E-state index contributed by atoms with van der Waals surface area (Å²) in [6.45, 7) is 2.98. The highest BCUT2D eigenvalue weighted by Gasteiger charge is 2.30. The Bertz CT molecular complexity index is 552. The third-order valence-electron chi connectivity index (χ3n) is 3.20. The van der Waals surface area contributed by atoms with Crippen LogP contribution >= 0.6 is 15.9 Å². The van der Waals surface area contributed by atoms with E-state index in [4.69, 9.17) is 4.74 Å². The van der Waals surface area contributed by atoms with Crippen molar-refractivity contribution in [3.63, 3.8) is 0 Å². The fourth-order valence-electron chi connectivity index (χ4n) is 2.32. The van der Waals surface area contributed by atoms with Crippen LogP contribution < -0.4 is 0 Å². The Morgan fingerprint density at radius 3 is 2.70 bits per heavy atom. The Kier molecular flexibility index (Phi) is 4.96. The third-order valence-corrected chi connectivity index (χ3v) is 3.78. The van der Waals surface area contributed by atoms with Gasteiger partial charge in [-0.1, -0.05) is 30.3 Å². The SMILES string of the molecule is COCCn1ncc(Br)c1C(C)(O)Cc1ccccc1. The first-order valence-corrected chi connectivity index (χ1v) is 7.31. The molecule has 0 amide bonds. The predicted molar refractivity (Wildman–Crippen MR) is 81.5 cm³/mol. The van der Waals surface area contributed by atoms with E-state index in [9.17, 15) is 5.11 Å². The molecular weight excluding hydrogens is 320 g/mol. The average molecular weight is 339 g/mol. The minimum Gasteiger partial charge on any atom is -0.383 e. The van der Waals surface area contributed by atoms with Crippen LogP contribution in [0, 0.1) is 0 Å². The molecule has 4 nitrogen and oxygen atoms in total. The standard InChI is InChI=1S/C15H19BrN2O2/c1-15(19,10-12-6-4-3-5-7-12)14-13(16)11-17-18(14)8-9-20-2/h3-7,11,19H,8-10H2,1-2H3. The number of methoxy groups -OCH3 is 1. The van der Waals surface area contributed by atoms with Crippen LogP contribution in [0.15, 0.2) is 41.0 Å². The number of aromatic nitrogens is 2. The molecule has 2 aromatic rings. The van der Waals surface area contributed by atoms with Crippen LogP contribution in [0.5, 0.6) is 0 Å². The maximum atomic E-state index is 10.9. The second-order valence-corrected chi connectivity index (χ2v) is 5.85. The van der Waals surface area contributed by atoms with E-state index in [0.29, 0.717) is 19.6 Å². The molecule has 1 unspecified atom stereocenters. The summed E-state index contributed by atoms with van der Waals surface area (Å²) in [6.07, 6.45) is 2.25. The van der Waals surface area contributed by atoms with E-state index in [1.54, 1.807) is 18.0 Å². The highest BCUT2D eigenvalue weighted by Crippen LogP contribution is 2.31. The molecular formula is C15H19BrN2O2. The molecule has 0 spiro atoms. The van der Waals surface area contributed by atoms with Crippen LogP contribution in [0.25, 0.3) is 0 Å². The van der Waals surface area contributed by atoms with E-state index >= 15 is 0 Å². The van der Waals surface area contributed by atoms with Gasteiger partial charge >= 0.3 is 0 Å². The smallest absolute Gasteiger partial charge is 0.109 e. The van der Waals surface area contributed by atoms with E-state index in [1.807, 2.05) is 37.3 Å². The summed E-state index contributed by atoms with van der Waals surface area (Å²) in [6, 6.07) is 9.94. The van der Waals surface area contributed by atoms with Gasteiger partial charge < -0.3 is 9.84 Å². The summed E-state index contributed by atoms with van der Waals surface area (Å²) >= 11 is 3.47. The van der Waals surface area contributed by atoms with Crippen molar-refractivity contribution < 1.29 is 9.84 Å². The molecule has 2 rings (SSSR count). The number of ether oxygens (including phenoxy) is 1. The van der Waals surface area contributed by atoms with Crippen LogP contribution in [0.2, 0.25) is 0 Å². The van der Waals surface area contributed by atoms with Gasteiger partial charge in [0.25, 0.3) is 0 Å². The topological polar surface area (TPSA) is 47.3 Å². The Balaban J connectivity index is 2.26. The number of hydrogen-bond acceptors (Lipinski definition) is 3. The Morgan fingerprint density at radius 1 is 1.35 bits per heavy atom. The first-order chi connectivity index (χ1) is 9.54. The number of benzene rings is 1. The summed E-state index contributed by atoms with van der Waals surface area (Å²) in [5.41, 5.74) is 0.868. The van der Waals surface area contributed by atoms with Crippen LogP contribution in [0.1, 0.15) is 18.2 Å². The molecule has 0 aliphatic heterocycles. The van der Waals surface area contributed by atoms with Crippen molar-refractivity contribution in [2.75, 3.05) is 13.7 Å². The highest BCUT2D eigenvalue weighted by molar-refractivity contribution is 9.10. The molecule has 0 bridgehead atoms. The zero-order valence-corrected chi connectivity index (χ0v) is 13.3. The minimum absolute atomic E-state index is 0.533. The molecule has 20 heavy (non-hydrogen) atoms. The monoisotopic (exact) mass is 338 g/mol. The maximum Gasteiger partial charge on any atom is 0.109 e. The largest absolute Gasteiger partial charge is 0.383 e. The molecule has 0 radical (unpaired) electrons. The lowest BCUT2D eigenvalue weighted by Crippen LogP contribution is -2.29. The minimum atomic E-state index is -0.996. The molecule has 0 aliphatic carbocycles. The summed E-state index contributed by atoms with van der Waals surface area (Å²) < 4.78 is 7.69. The number of aliphatic hydroxyl groups is 1. The van der Waals surface area contributed by atoms with Gasteiger partial charge in [-0.05, 0) is 28.4 Å². The molecule has 0 aliphatic rings. The Morgan fingerprint density at radius 2 is 2.05 bits per heavy atom. The van der Waals surface area contributed by atoms with Gasteiger partial charge in [0, 0.05) is 13.5 Å². The van der Waals surface area contributed by atoms with Gasteiger partial charge in [0.05, 0.1) is 29.5 Å². The van der Waals surface area contributed by atoms with Crippen molar-refractivity contribution in [1.29, 1.82) is 0 Å². The van der Waals surface area contributed by atoms with Gasteiger partial charge in [0.15, 0.2) is 0 Å². The van der Waals surface area contributed by atoms with Gasteiger partial charge in [0.1, 0.15) is 5.60 Å². The first kappa shape index (κ1) is 15.2. The van der Waals surface area contributed by atoms with Crippen molar-refractivity contribution in [2.45, 2.75) is 25.5 Å². The zero-order chi connectivity index (χ0) is 14.6. The van der Waals surface area contributed by atoms with E-state index in [2.05, 4.69) is 21.0 Å². The molecule has 0 fully saturated rings. The van der Waals surface area contributed by atoms with Gasteiger partial charge in [-0.2, -0.15) is 5.10 Å². The fraction of sp³-hybridized carbons (Fsp3) is 0.400. The lowest BCUT2D eigenvalue weighted by molar-refractivity contribution is 0.0453. The number of nitrogens with zero attached hydrogens (tertiary/aromatic N) is 2. The Labute approximate surface area is 127 Å². The second-order valence-electron chi connectivity index (χ2n) is 4.99. The third kappa shape index (κ3) is 3.48. The van der Waals surface area contributed by atoms with Gasteiger partial charge in [0.2, 0.25) is 0 Å². The first-order valence-electron chi connectivity index (χ1n) is 6.51. The van der Waals surface area contributed by atoms with E-state index in [1.165, 1.54) is 0 Å². The van der Waals surface area contributed by atoms with Crippen molar-refractivity contribution >= 4 is 15.9 Å². The van der Waals surface area contributed by atoms with Crippen molar-refractivity contribution in [3.05, 3.63) is 52.3 Å². The Hall–Kier alpha value is -1.17. The van der Waals surface area contributed by atoms with Gasteiger partial charge in [-0.3, -0.25) is 4.68 Å². The second kappa shape index (κ2) is 6.52. The molecule has 0 saturated carbocycles. The maximum absolute atomic E-state index is 10.9. The van der Waals surface area contributed by atoms with Crippen LogP contribution in [0.4, 0.5) is 0 Å². The summed E-state index contributed by atoms with van der Waals surface area (Å²) in [4.78, 5) is 0. The molecule has 1 aromatic carbocycles. The van der Waals surface area contributed by atoms with Gasteiger partial charge in [-0.25, -0.2) is 0 Å². The predicted octanol–water partition coefficient (Wildman–Crippen LogP) is 2.74. The lowest BCUT2D eigenvalue weighted by Gasteiger charge is -2.25. The molecule has 1 aromatic heterocycles. The van der Waals surface area contributed by atoms with E-state index in [0.717, 1.165) is 15.7 Å². The highest BCUT2D eigenvalue weighted by atomic mass is 79.9. The fourth-order valence-corrected chi connectivity index (χ4v) is 3.05. The lowest BCUT2D eigenvalue weighted by atomic mass is 9.93. The number of hydrogen-bond donors (Lipinski definition) is 1. The van der Waals surface area contributed by atoms with Crippen molar-refractivity contribution in [1.82, 2.24) is 9.78 Å². The molecule has 1 N–H and O–H groups in total.